The van der Waals surface area contributed by atoms with Crippen molar-refractivity contribution in [3.63, 3.8) is 0 Å². The third-order valence-corrected chi connectivity index (χ3v) is 4.58. The second-order valence-electron chi connectivity index (χ2n) is 4.75. The Morgan fingerprint density at radius 2 is 2.24 bits per heavy atom. The average Bonchev–Trinajstić information content (AvgIpc) is 2.95. The van der Waals surface area contributed by atoms with E-state index in [0.717, 1.165) is 36.2 Å². The molecule has 5 heteroatoms. The summed E-state index contributed by atoms with van der Waals surface area (Å²) in [4.78, 5) is 4.48. The van der Waals surface area contributed by atoms with Crippen molar-refractivity contribution in [1.82, 2.24) is 9.36 Å². The van der Waals surface area contributed by atoms with Crippen LogP contribution in [-0.4, -0.2) is 21.8 Å². The summed E-state index contributed by atoms with van der Waals surface area (Å²) >= 11 is 7.45. The first-order valence-corrected chi connectivity index (χ1v) is 7.76. The second-order valence-corrected chi connectivity index (χ2v) is 5.81. The first-order chi connectivity index (χ1) is 8.33. The molecule has 0 saturated heterocycles. The number of rotatable bonds is 6. The lowest BCUT2D eigenvalue weighted by Crippen LogP contribution is -2.19. The molecule has 96 valence electrons. The minimum absolute atomic E-state index is 0.687. The molecular formula is C12H20ClN3S. The van der Waals surface area contributed by atoms with Crippen molar-refractivity contribution in [2.24, 2.45) is 11.8 Å². The zero-order valence-corrected chi connectivity index (χ0v) is 11.9. The van der Waals surface area contributed by atoms with Gasteiger partial charge < -0.3 is 5.32 Å². The topological polar surface area (TPSA) is 37.8 Å². The van der Waals surface area contributed by atoms with Crippen LogP contribution in [0.25, 0.3) is 0 Å². The molecule has 1 N–H and O–H groups in total. The SMILES string of the molecule is CCCc1nsc(NCC2CCCC2CCl)n1. The van der Waals surface area contributed by atoms with Gasteiger partial charge in [-0.3, -0.25) is 0 Å². The Bertz CT molecular complexity index is 342. The van der Waals surface area contributed by atoms with Crippen LogP contribution in [0, 0.1) is 11.8 Å². The van der Waals surface area contributed by atoms with Gasteiger partial charge in [0.25, 0.3) is 0 Å². The van der Waals surface area contributed by atoms with Gasteiger partial charge >= 0.3 is 0 Å². The van der Waals surface area contributed by atoms with Crippen LogP contribution in [0.2, 0.25) is 0 Å². The summed E-state index contributed by atoms with van der Waals surface area (Å²) in [6, 6.07) is 0. The van der Waals surface area contributed by atoms with Gasteiger partial charge in [0.15, 0.2) is 0 Å². The Morgan fingerprint density at radius 3 is 3.00 bits per heavy atom. The molecule has 1 heterocycles. The van der Waals surface area contributed by atoms with Gasteiger partial charge in [-0.1, -0.05) is 13.3 Å². The number of hydrogen-bond acceptors (Lipinski definition) is 4. The molecule has 1 aliphatic rings. The van der Waals surface area contributed by atoms with Crippen LogP contribution in [0.4, 0.5) is 5.13 Å². The lowest BCUT2D eigenvalue weighted by atomic mass is 9.98. The van der Waals surface area contributed by atoms with Crippen LogP contribution in [0.15, 0.2) is 0 Å². The summed E-state index contributed by atoms with van der Waals surface area (Å²) < 4.78 is 4.33. The number of nitrogens with one attached hydrogen (secondary N) is 1. The largest absolute Gasteiger partial charge is 0.360 e. The van der Waals surface area contributed by atoms with Gasteiger partial charge in [0.05, 0.1) is 0 Å². The molecule has 0 spiro atoms. The molecule has 1 aliphatic carbocycles. The first kappa shape index (κ1) is 13.1. The maximum atomic E-state index is 5.98. The maximum absolute atomic E-state index is 5.98. The molecule has 1 saturated carbocycles. The fourth-order valence-corrected chi connectivity index (χ4v) is 3.48. The van der Waals surface area contributed by atoms with E-state index in [9.17, 15) is 0 Å². The van der Waals surface area contributed by atoms with Gasteiger partial charge in [0.1, 0.15) is 5.82 Å². The van der Waals surface area contributed by atoms with Gasteiger partial charge in [-0.05, 0) is 31.1 Å². The number of hydrogen-bond donors (Lipinski definition) is 1. The van der Waals surface area contributed by atoms with E-state index in [1.54, 1.807) is 0 Å². The third-order valence-electron chi connectivity index (χ3n) is 3.47. The van der Waals surface area contributed by atoms with Gasteiger partial charge in [-0.2, -0.15) is 4.37 Å². The molecule has 3 nitrogen and oxygen atoms in total. The minimum Gasteiger partial charge on any atom is -0.360 e. The number of alkyl halides is 1. The normalized spacial score (nSPS) is 24.1. The van der Waals surface area contributed by atoms with Crippen LogP contribution < -0.4 is 5.32 Å². The van der Waals surface area contributed by atoms with Gasteiger partial charge in [-0.25, -0.2) is 4.98 Å². The number of anilines is 1. The maximum Gasteiger partial charge on any atom is 0.202 e. The van der Waals surface area contributed by atoms with Crippen LogP contribution in [-0.2, 0) is 6.42 Å². The molecule has 1 aromatic rings. The van der Waals surface area contributed by atoms with E-state index in [-0.39, 0.29) is 0 Å². The number of aryl methyl sites for hydroxylation is 1. The molecule has 0 amide bonds. The van der Waals surface area contributed by atoms with Crippen molar-refractivity contribution in [2.45, 2.75) is 39.0 Å². The summed E-state index contributed by atoms with van der Waals surface area (Å²) in [7, 11) is 0. The predicted molar refractivity (Wildman–Crippen MR) is 73.9 cm³/mol. The highest BCUT2D eigenvalue weighted by molar-refractivity contribution is 7.09. The summed E-state index contributed by atoms with van der Waals surface area (Å²) in [6.45, 7) is 3.15. The molecule has 2 atom stereocenters. The summed E-state index contributed by atoms with van der Waals surface area (Å²) in [6.07, 6.45) is 5.98. The molecule has 2 rings (SSSR count). The molecular weight excluding hydrogens is 254 g/mol. The average molecular weight is 274 g/mol. The fraction of sp³-hybridized carbons (Fsp3) is 0.833. The molecule has 0 bridgehead atoms. The number of nitrogens with zero attached hydrogens (tertiary/aromatic N) is 2. The van der Waals surface area contributed by atoms with E-state index in [1.165, 1.54) is 30.8 Å². The van der Waals surface area contributed by atoms with Crippen molar-refractivity contribution in [3.05, 3.63) is 5.82 Å². The zero-order valence-electron chi connectivity index (χ0n) is 10.3. The highest BCUT2D eigenvalue weighted by Crippen LogP contribution is 2.32. The van der Waals surface area contributed by atoms with E-state index in [4.69, 9.17) is 11.6 Å². The minimum atomic E-state index is 0.687. The van der Waals surface area contributed by atoms with Crippen LogP contribution >= 0.6 is 23.1 Å². The third kappa shape index (κ3) is 3.55. The van der Waals surface area contributed by atoms with Gasteiger partial charge in [0, 0.05) is 30.4 Å². The Morgan fingerprint density at radius 1 is 1.41 bits per heavy atom. The Hall–Kier alpha value is -0.350. The number of halogens is 1. The molecule has 1 aromatic heterocycles. The second kappa shape index (κ2) is 6.55. The fourth-order valence-electron chi connectivity index (χ4n) is 2.45. The number of aromatic nitrogens is 2. The molecule has 0 aromatic carbocycles. The smallest absolute Gasteiger partial charge is 0.202 e. The van der Waals surface area contributed by atoms with E-state index in [1.807, 2.05) is 0 Å². The molecule has 0 aliphatic heterocycles. The molecule has 17 heavy (non-hydrogen) atoms. The van der Waals surface area contributed by atoms with Gasteiger partial charge in [0.2, 0.25) is 5.13 Å². The highest BCUT2D eigenvalue weighted by Gasteiger charge is 2.26. The van der Waals surface area contributed by atoms with Crippen molar-refractivity contribution >= 4 is 28.3 Å². The Kier molecular flexibility index (Phi) is 5.04. The van der Waals surface area contributed by atoms with Crippen molar-refractivity contribution in [2.75, 3.05) is 17.7 Å². The van der Waals surface area contributed by atoms with E-state index >= 15 is 0 Å². The molecule has 2 unspecified atom stereocenters. The molecule has 0 radical (unpaired) electrons. The van der Waals surface area contributed by atoms with Crippen LogP contribution in [0.5, 0.6) is 0 Å². The monoisotopic (exact) mass is 273 g/mol. The predicted octanol–water partition coefficient (Wildman–Crippen LogP) is 3.56. The quantitative estimate of drug-likeness (QED) is 0.806. The van der Waals surface area contributed by atoms with Crippen LogP contribution in [0.1, 0.15) is 38.4 Å². The first-order valence-electron chi connectivity index (χ1n) is 6.46. The van der Waals surface area contributed by atoms with E-state index in [0.29, 0.717) is 11.8 Å². The van der Waals surface area contributed by atoms with E-state index < -0.39 is 0 Å². The summed E-state index contributed by atoms with van der Waals surface area (Å²) in [5.41, 5.74) is 0. The summed E-state index contributed by atoms with van der Waals surface area (Å²) in [5, 5.41) is 4.38. The van der Waals surface area contributed by atoms with Crippen molar-refractivity contribution in [1.29, 1.82) is 0 Å². The van der Waals surface area contributed by atoms with Crippen molar-refractivity contribution in [3.8, 4) is 0 Å². The Balaban J connectivity index is 1.80. The lowest BCUT2D eigenvalue weighted by molar-refractivity contribution is 0.444. The highest BCUT2D eigenvalue weighted by atomic mass is 35.5. The van der Waals surface area contributed by atoms with Crippen molar-refractivity contribution < 1.29 is 0 Å². The molecule has 1 fully saturated rings. The zero-order chi connectivity index (χ0) is 12.1. The Labute approximate surface area is 112 Å². The lowest BCUT2D eigenvalue weighted by Gasteiger charge is -2.16. The standard InChI is InChI=1S/C12H20ClN3S/c1-2-4-11-15-12(17-16-11)14-8-10-6-3-5-9(10)7-13/h9-10H,2-8H2,1H3,(H,14,15,16). The van der Waals surface area contributed by atoms with E-state index in [2.05, 4.69) is 21.6 Å². The van der Waals surface area contributed by atoms with Crippen LogP contribution in [0.3, 0.4) is 0 Å². The van der Waals surface area contributed by atoms with Gasteiger partial charge in [-0.15, -0.1) is 11.6 Å². The summed E-state index contributed by atoms with van der Waals surface area (Å²) in [5.74, 6) is 3.17.